The van der Waals surface area contributed by atoms with E-state index in [-0.39, 0.29) is 18.5 Å². The van der Waals surface area contributed by atoms with E-state index in [0.29, 0.717) is 11.0 Å². The second-order valence-electron chi connectivity index (χ2n) is 6.99. The van der Waals surface area contributed by atoms with Gasteiger partial charge < -0.3 is 10.1 Å². The molecule has 1 saturated heterocycles. The fourth-order valence-electron chi connectivity index (χ4n) is 3.16. The molecule has 8 nitrogen and oxygen atoms in total. The lowest BCUT2D eigenvalue weighted by molar-refractivity contribution is 0.174. The van der Waals surface area contributed by atoms with Crippen LogP contribution in [0.1, 0.15) is 25.5 Å². The zero-order valence-electron chi connectivity index (χ0n) is 16.4. The lowest BCUT2D eigenvalue weighted by Crippen LogP contribution is -2.39. The summed E-state index contributed by atoms with van der Waals surface area (Å²) in [6.07, 6.45) is 3.28. The molecule has 4 rings (SSSR count). The van der Waals surface area contributed by atoms with Crippen molar-refractivity contribution in [2.24, 2.45) is 0 Å². The van der Waals surface area contributed by atoms with E-state index in [9.17, 15) is 9.18 Å². The van der Waals surface area contributed by atoms with E-state index in [1.165, 1.54) is 18.0 Å². The minimum atomic E-state index is -1.25. The molecule has 0 spiro atoms. The number of hydrogen-bond donors (Lipinski definition) is 1. The molecule has 1 aromatic carbocycles. The predicted molar refractivity (Wildman–Crippen MR) is 111 cm³/mol. The van der Waals surface area contributed by atoms with Gasteiger partial charge in [-0.3, -0.25) is 4.90 Å². The highest BCUT2D eigenvalue weighted by Crippen LogP contribution is 2.26. The summed E-state index contributed by atoms with van der Waals surface area (Å²) < 4.78 is 20.6. The van der Waals surface area contributed by atoms with E-state index in [4.69, 9.17) is 16.3 Å². The van der Waals surface area contributed by atoms with Crippen molar-refractivity contribution in [1.82, 2.24) is 19.7 Å². The van der Waals surface area contributed by atoms with E-state index in [1.807, 2.05) is 25.3 Å². The molecule has 0 bridgehead atoms. The second-order valence-corrected chi connectivity index (χ2v) is 7.43. The molecule has 10 heteroatoms. The Morgan fingerprint density at radius 3 is 2.77 bits per heavy atom. The van der Waals surface area contributed by atoms with Crippen LogP contribution in [0, 0.1) is 0 Å². The Balaban J connectivity index is 1.50. The van der Waals surface area contributed by atoms with Gasteiger partial charge in [0.1, 0.15) is 24.6 Å². The van der Waals surface area contributed by atoms with Crippen molar-refractivity contribution < 1.29 is 13.9 Å². The molecule has 0 aliphatic carbocycles. The molecule has 30 heavy (non-hydrogen) atoms. The number of rotatable bonds is 6. The number of hydrogen-bond acceptors (Lipinski definition) is 6. The largest absolute Gasteiger partial charge is 0.447 e. The van der Waals surface area contributed by atoms with Crippen LogP contribution < -0.4 is 10.2 Å². The van der Waals surface area contributed by atoms with E-state index in [2.05, 4.69) is 20.4 Å². The summed E-state index contributed by atoms with van der Waals surface area (Å²) in [6, 6.07) is 8.03. The summed E-state index contributed by atoms with van der Waals surface area (Å²) in [5.41, 5.74) is 1.80. The van der Waals surface area contributed by atoms with Crippen molar-refractivity contribution in [3.05, 3.63) is 59.5 Å². The molecule has 3 aromatic rings. The van der Waals surface area contributed by atoms with Gasteiger partial charge in [-0.1, -0.05) is 11.6 Å². The number of carbonyl (C=O) groups is 1. The summed E-state index contributed by atoms with van der Waals surface area (Å²) in [5, 5.41) is 8.22. The molecule has 1 fully saturated rings. The summed E-state index contributed by atoms with van der Waals surface area (Å²) in [5.74, 6) is 0.595. The van der Waals surface area contributed by atoms with Gasteiger partial charge in [0.2, 0.25) is 5.95 Å². The Morgan fingerprint density at radius 1 is 1.27 bits per heavy atom. The first-order chi connectivity index (χ1) is 14.4. The molecule has 1 aliphatic heterocycles. The number of alkyl halides is 1. The van der Waals surface area contributed by atoms with E-state index < -0.39 is 18.3 Å². The fourth-order valence-corrected chi connectivity index (χ4v) is 3.29. The number of anilines is 2. The summed E-state index contributed by atoms with van der Waals surface area (Å²) >= 11 is 5.93. The molecule has 1 N–H and O–H groups in total. The van der Waals surface area contributed by atoms with E-state index in [1.54, 1.807) is 29.1 Å². The zero-order chi connectivity index (χ0) is 21.3. The van der Waals surface area contributed by atoms with Crippen LogP contribution in [-0.4, -0.2) is 44.7 Å². The number of carbonyl (C=O) groups excluding carboxylic acids is 1. The maximum atomic E-state index is 13.9. The van der Waals surface area contributed by atoms with Crippen molar-refractivity contribution in [2.45, 2.75) is 32.1 Å². The molecule has 0 radical (unpaired) electrons. The maximum Gasteiger partial charge on any atom is 0.416 e. The Bertz CT molecular complexity index is 1040. The van der Waals surface area contributed by atoms with Crippen LogP contribution in [-0.2, 0) is 4.74 Å². The first-order valence-electron chi connectivity index (χ1n) is 9.42. The highest BCUT2D eigenvalue weighted by Gasteiger charge is 2.39. The number of amides is 1. The average molecular weight is 431 g/mol. The van der Waals surface area contributed by atoms with Gasteiger partial charge in [-0.05, 0) is 44.2 Å². The van der Waals surface area contributed by atoms with Gasteiger partial charge >= 0.3 is 6.09 Å². The zero-order valence-corrected chi connectivity index (χ0v) is 17.1. The third kappa shape index (κ3) is 4.06. The Hall–Kier alpha value is -3.20. The van der Waals surface area contributed by atoms with E-state index >= 15 is 0 Å². The maximum absolute atomic E-state index is 13.9. The monoisotopic (exact) mass is 430 g/mol. The Kier molecular flexibility index (Phi) is 5.54. The summed E-state index contributed by atoms with van der Waals surface area (Å²) in [6.45, 7) is 3.32. The van der Waals surface area contributed by atoms with Crippen LogP contribution in [0.25, 0.3) is 5.69 Å². The molecule has 1 amide bonds. The first-order valence-corrected chi connectivity index (χ1v) is 9.80. The average Bonchev–Trinajstić information content (AvgIpc) is 3.36. The van der Waals surface area contributed by atoms with Gasteiger partial charge in [0.25, 0.3) is 0 Å². The van der Waals surface area contributed by atoms with Gasteiger partial charge in [-0.25, -0.2) is 18.9 Å². The molecule has 0 unspecified atom stereocenters. The lowest BCUT2D eigenvalue weighted by Gasteiger charge is -2.22. The molecule has 156 valence electrons. The van der Waals surface area contributed by atoms with E-state index in [0.717, 1.165) is 11.3 Å². The Labute approximate surface area is 177 Å². The Morgan fingerprint density at radius 2 is 2.03 bits per heavy atom. The predicted octanol–water partition coefficient (Wildman–Crippen LogP) is 4.17. The number of aromatic nitrogens is 4. The van der Waals surface area contributed by atoms with Crippen LogP contribution in [0.5, 0.6) is 0 Å². The molecule has 3 atom stereocenters. The quantitative estimate of drug-likeness (QED) is 0.631. The number of nitrogens with zero attached hydrogens (tertiary/aromatic N) is 5. The van der Waals surface area contributed by atoms with Crippen molar-refractivity contribution in [2.75, 3.05) is 16.8 Å². The van der Waals surface area contributed by atoms with Crippen LogP contribution in [0.4, 0.5) is 21.0 Å². The third-order valence-corrected chi connectivity index (χ3v) is 5.12. The topological polar surface area (TPSA) is 85.2 Å². The highest BCUT2D eigenvalue weighted by molar-refractivity contribution is 6.30. The number of halogens is 2. The standard InChI is InChI=1S/C20H20ClFN6O2/c1-12(22)17-11-30-20(29)28(17)18-7-8-23-19(26-18)25-13(2)14-9-24-27(10-14)16-5-3-15(21)4-6-16/h3-10,12-13,17H,11H2,1-2H3,(H,23,25,26)/t12-,13-,17+/m0/s1. The van der Waals surface area contributed by atoms with Gasteiger partial charge in [0.15, 0.2) is 0 Å². The summed E-state index contributed by atoms with van der Waals surface area (Å²) in [7, 11) is 0. The molecule has 2 aromatic heterocycles. The lowest BCUT2D eigenvalue weighted by atomic mass is 10.2. The second kappa shape index (κ2) is 8.27. The third-order valence-electron chi connectivity index (χ3n) is 4.86. The highest BCUT2D eigenvalue weighted by atomic mass is 35.5. The van der Waals surface area contributed by atoms with Crippen LogP contribution in [0.2, 0.25) is 5.02 Å². The van der Waals surface area contributed by atoms with Gasteiger partial charge in [-0.2, -0.15) is 10.1 Å². The minimum absolute atomic E-state index is 0.0104. The number of ether oxygens (including phenoxy) is 1. The molecular weight excluding hydrogens is 411 g/mol. The van der Waals surface area contributed by atoms with Crippen LogP contribution in [0.3, 0.4) is 0 Å². The number of benzene rings is 1. The van der Waals surface area contributed by atoms with Crippen molar-refractivity contribution in [3.63, 3.8) is 0 Å². The molecule has 0 saturated carbocycles. The van der Waals surface area contributed by atoms with Crippen molar-refractivity contribution >= 4 is 29.5 Å². The number of cyclic esters (lactones) is 1. The molecular formula is C20H20ClFN6O2. The molecule has 1 aliphatic rings. The summed E-state index contributed by atoms with van der Waals surface area (Å²) in [4.78, 5) is 21.8. The van der Waals surface area contributed by atoms with Crippen LogP contribution >= 0.6 is 11.6 Å². The van der Waals surface area contributed by atoms with Crippen LogP contribution in [0.15, 0.2) is 48.9 Å². The molecule has 3 heterocycles. The fraction of sp³-hybridized carbons (Fsp3) is 0.300. The van der Waals surface area contributed by atoms with Crippen molar-refractivity contribution in [1.29, 1.82) is 0 Å². The van der Waals surface area contributed by atoms with Crippen molar-refractivity contribution in [3.8, 4) is 5.69 Å². The smallest absolute Gasteiger partial charge is 0.416 e. The SMILES string of the molecule is C[C@H](Nc1nccc(N2C(=O)OC[C@@H]2[C@H](C)F)n1)c1cnn(-c2ccc(Cl)cc2)c1. The minimum Gasteiger partial charge on any atom is -0.447 e. The normalized spacial score (nSPS) is 18.2. The van der Waals surface area contributed by atoms with Gasteiger partial charge in [0.05, 0.1) is 17.9 Å². The number of nitrogens with one attached hydrogen (secondary N) is 1. The van der Waals surface area contributed by atoms with Gasteiger partial charge in [0, 0.05) is 23.0 Å². The first kappa shape index (κ1) is 20.1. The van der Waals surface area contributed by atoms with Gasteiger partial charge in [-0.15, -0.1) is 0 Å².